The van der Waals surface area contributed by atoms with Crippen LogP contribution >= 0.6 is 23.2 Å². The molecule has 4 nitrogen and oxygen atoms in total. The summed E-state index contributed by atoms with van der Waals surface area (Å²) >= 11 is 10.8. The second-order valence-electron chi connectivity index (χ2n) is 5.28. The highest BCUT2D eigenvalue weighted by Gasteiger charge is 2.30. The number of nitrogens with one attached hydrogen (secondary N) is 1. The Labute approximate surface area is 137 Å². The Morgan fingerprint density at radius 2 is 1.86 bits per heavy atom. The van der Waals surface area contributed by atoms with Crippen LogP contribution < -0.4 is 5.32 Å². The van der Waals surface area contributed by atoms with Gasteiger partial charge in [-0.05, 0) is 18.4 Å². The zero-order valence-electron chi connectivity index (χ0n) is 11.6. The molecule has 0 aromatic heterocycles. The standard InChI is InChI=1S/C15H16Cl2FNO3/c16-14(17)15(22)19-11(7-18)13(21)10-5-3-9(4-6-10)12(20)8-1-2-8/h3-6,8,11,13-14,21H,1-2,7H2,(H,19,22). The highest BCUT2D eigenvalue weighted by atomic mass is 35.5. The average molecular weight is 348 g/mol. The topological polar surface area (TPSA) is 66.4 Å². The molecule has 2 N–H and O–H groups in total. The summed E-state index contributed by atoms with van der Waals surface area (Å²) in [5, 5.41) is 12.4. The number of hydrogen-bond donors (Lipinski definition) is 2. The molecule has 1 aromatic carbocycles. The lowest BCUT2D eigenvalue weighted by Gasteiger charge is -2.22. The van der Waals surface area contributed by atoms with Crippen molar-refractivity contribution in [3.05, 3.63) is 35.4 Å². The van der Waals surface area contributed by atoms with E-state index in [1.807, 2.05) is 0 Å². The van der Waals surface area contributed by atoms with Gasteiger partial charge in [-0.15, -0.1) is 0 Å². The average Bonchev–Trinajstić information content (AvgIpc) is 3.35. The molecule has 1 aliphatic rings. The Balaban J connectivity index is 2.05. The molecule has 2 rings (SSSR count). The number of benzene rings is 1. The van der Waals surface area contributed by atoms with Crippen molar-refractivity contribution in [1.82, 2.24) is 5.32 Å². The first-order valence-corrected chi connectivity index (χ1v) is 7.78. The third-order valence-corrected chi connectivity index (χ3v) is 3.95. The highest BCUT2D eigenvalue weighted by Crippen LogP contribution is 2.32. The van der Waals surface area contributed by atoms with E-state index >= 15 is 0 Å². The molecule has 1 amide bonds. The molecule has 120 valence electrons. The summed E-state index contributed by atoms with van der Waals surface area (Å²) in [5.74, 6) is -0.577. The smallest absolute Gasteiger partial charge is 0.253 e. The van der Waals surface area contributed by atoms with Gasteiger partial charge in [-0.3, -0.25) is 9.59 Å². The van der Waals surface area contributed by atoms with Crippen molar-refractivity contribution in [3.63, 3.8) is 0 Å². The maximum absolute atomic E-state index is 13.0. The fourth-order valence-electron chi connectivity index (χ4n) is 2.11. The van der Waals surface area contributed by atoms with Crippen LogP contribution in [0.15, 0.2) is 24.3 Å². The first-order valence-electron chi connectivity index (χ1n) is 6.90. The van der Waals surface area contributed by atoms with Crippen molar-refractivity contribution in [2.24, 2.45) is 5.92 Å². The van der Waals surface area contributed by atoms with E-state index in [1.165, 1.54) is 0 Å². The summed E-state index contributed by atoms with van der Waals surface area (Å²) in [4.78, 5) is 21.9. The number of carbonyl (C=O) groups excluding carboxylic acids is 2. The molecule has 2 atom stereocenters. The number of aliphatic hydroxyl groups excluding tert-OH is 1. The van der Waals surface area contributed by atoms with Gasteiger partial charge in [0.25, 0.3) is 5.91 Å². The molecule has 0 heterocycles. The largest absolute Gasteiger partial charge is 0.386 e. The fraction of sp³-hybridized carbons (Fsp3) is 0.467. The molecule has 2 unspecified atom stereocenters. The number of alkyl halides is 3. The molecule has 1 aliphatic carbocycles. The van der Waals surface area contributed by atoms with Gasteiger partial charge in [-0.25, -0.2) is 4.39 Å². The molecular formula is C15H16Cl2FNO3. The van der Waals surface area contributed by atoms with Crippen LogP contribution in [0.2, 0.25) is 0 Å². The third-order valence-electron chi connectivity index (χ3n) is 3.56. The van der Waals surface area contributed by atoms with Crippen molar-refractivity contribution in [2.45, 2.75) is 29.8 Å². The number of rotatable bonds is 7. The molecule has 0 bridgehead atoms. The van der Waals surface area contributed by atoms with Crippen LogP contribution in [0.4, 0.5) is 4.39 Å². The maximum atomic E-state index is 13.0. The first kappa shape index (κ1) is 17.2. The van der Waals surface area contributed by atoms with E-state index in [0.717, 1.165) is 12.8 Å². The van der Waals surface area contributed by atoms with E-state index in [0.29, 0.717) is 11.1 Å². The lowest BCUT2D eigenvalue weighted by atomic mass is 9.99. The summed E-state index contributed by atoms with van der Waals surface area (Å²) in [6.45, 7) is -0.976. The number of carbonyl (C=O) groups is 2. The monoisotopic (exact) mass is 347 g/mol. The van der Waals surface area contributed by atoms with Crippen LogP contribution in [0, 0.1) is 5.92 Å². The van der Waals surface area contributed by atoms with Gasteiger partial charge in [-0.1, -0.05) is 47.5 Å². The molecule has 22 heavy (non-hydrogen) atoms. The molecule has 0 aliphatic heterocycles. The van der Waals surface area contributed by atoms with E-state index in [9.17, 15) is 19.1 Å². The quantitative estimate of drug-likeness (QED) is 0.588. The molecule has 0 saturated heterocycles. The number of aliphatic hydroxyl groups is 1. The second-order valence-corrected chi connectivity index (χ2v) is 6.37. The molecule has 1 aromatic rings. The SMILES string of the molecule is O=C(NC(CF)C(O)c1ccc(C(=O)C2CC2)cc1)C(Cl)Cl. The Hall–Kier alpha value is -1.17. The minimum Gasteiger partial charge on any atom is -0.386 e. The van der Waals surface area contributed by atoms with Crippen molar-refractivity contribution in [2.75, 3.05) is 6.67 Å². The fourth-order valence-corrected chi connectivity index (χ4v) is 2.23. The number of hydrogen-bond acceptors (Lipinski definition) is 3. The summed E-state index contributed by atoms with van der Waals surface area (Å²) in [7, 11) is 0. The lowest BCUT2D eigenvalue weighted by molar-refractivity contribution is -0.121. The number of amides is 1. The van der Waals surface area contributed by atoms with Gasteiger partial charge in [0.1, 0.15) is 12.8 Å². The van der Waals surface area contributed by atoms with E-state index in [-0.39, 0.29) is 11.7 Å². The van der Waals surface area contributed by atoms with Crippen molar-refractivity contribution in [1.29, 1.82) is 0 Å². The summed E-state index contributed by atoms with van der Waals surface area (Å²) in [6, 6.07) is 5.14. The minimum absolute atomic E-state index is 0.0866. The molecule has 1 fully saturated rings. The number of ketones is 1. The molecule has 7 heteroatoms. The Bertz CT molecular complexity index is 546. The van der Waals surface area contributed by atoms with E-state index in [4.69, 9.17) is 23.2 Å². The molecule has 0 spiro atoms. The molecular weight excluding hydrogens is 332 g/mol. The number of halogens is 3. The minimum atomic E-state index is -1.33. The van der Waals surface area contributed by atoms with Gasteiger partial charge in [-0.2, -0.15) is 0 Å². The van der Waals surface area contributed by atoms with E-state index < -0.39 is 29.6 Å². The van der Waals surface area contributed by atoms with Gasteiger partial charge in [0.2, 0.25) is 0 Å². The molecule has 0 radical (unpaired) electrons. The van der Waals surface area contributed by atoms with Gasteiger partial charge in [0.15, 0.2) is 10.6 Å². The van der Waals surface area contributed by atoms with E-state index in [1.54, 1.807) is 24.3 Å². The predicted molar refractivity (Wildman–Crippen MR) is 81.9 cm³/mol. The highest BCUT2D eigenvalue weighted by molar-refractivity contribution is 6.53. The van der Waals surface area contributed by atoms with Crippen LogP contribution in [-0.2, 0) is 4.79 Å². The summed E-state index contributed by atoms with van der Waals surface area (Å²) < 4.78 is 13.0. The summed E-state index contributed by atoms with van der Waals surface area (Å²) in [6.07, 6.45) is 0.570. The number of Topliss-reactive ketones (excluding diaryl/α,β-unsaturated/α-hetero) is 1. The Kier molecular flexibility index (Phi) is 5.78. The van der Waals surface area contributed by atoms with Crippen LogP contribution in [0.5, 0.6) is 0 Å². The normalized spacial score (nSPS) is 17.1. The second kappa shape index (κ2) is 7.40. The predicted octanol–water partition coefficient (Wildman–Crippen LogP) is 2.57. The Morgan fingerprint density at radius 3 is 2.32 bits per heavy atom. The molecule has 1 saturated carbocycles. The van der Waals surface area contributed by atoms with Crippen LogP contribution in [0.25, 0.3) is 0 Å². The maximum Gasteiger partial charge on any atom is 0.253 e. The van der Waals surface area contributed by atoms with Gasteiger partial charge in [0, 0.05) is 11.5 Å². The van der Waals surface area contributed by atoms with Crippen LogP contribution in [0.1, 0.15) is 34.9 Å². The van der Waals surface area contributed by atoms with Gasteiger partial charge in [0.05, 0.1) is 6.04 Å². The zero-order valence-corrected chi connectivity index (χ0v) is 13.1. The summed E-state index contributed by atoms with van der Waals surface area (Å²) in [5.41, 5.74) is 0.969. The van der Waals surface area contributed by atoms with Crippen LogP contribution in [0.3, 0.4) is 0 Å². The van der Waals surface area contributed by atoms with E-state index in [2.05, 4.69) is 5.32 Å². The Morgan fingerprint density at radius 1 is 1.27 bits per heavy atom. The van der Waals surface area contributed by atoms with Crippen molar-refractivity contribution < 1.29 is 19.1 Å². The van der Waals surface area contributed by atoms with Crippen molar-refractivity contribution >= 4 is 34.9 Å². The van der Waals surface area contributed by atoms with Gasteiger partial charge < -0.3 is 10.4 Å². The van der Waals surface area contributed by atoms with Gasteiger partial charge >= 0.3 is 0 Å². The first-order chi connectivity index (χ1) is 10.4. The lowest BCUT2D eigenvalue weighted by Crippen LogP contribution is -2.43. The van der Waals surface area contributed by atoms with Crippen molar-refractivity contribution in [3.8, 4) is 0 Å². The zero-order chi connectivity index (χ0) is 16.3. The third kappa shape index (κ3) is 4.18. The van der Waals surface area contributed by atoms with Crippen LogP contribution in [-0.4, -0.2) is 34.3 Å².